The van der Waals surface area contributed by atoms with Gasteiger partial charge in [0, 0.05) is 29.3 Å². The predicted molar refractivity (Wildman–Crippen MR) is 94.7 cm³/mol. The van der Waals surface area contributed by atoms with E-state index < -0.39 is 0 Å². The SMILES string of the molecule is CCN(Cc1ccccc1)c1cc(Br)ccc1CC(C)N. The fourth-order valence-corrected chi connectivity index (χ4v) is 2.87. The lowest BCUT2D eigenvalue weighted by Gasteiger charge is -2.27. The van der Waals surface area contributed by atoms with E-state index in [1.807, 2.05) is 0 Å². The lowest BCUT2D eigenvalue weighted by Crippen LogP contribution is -2.25. The lowest BCUT2D eigenvalue weighted by molar-refractivity contribution is 0.729. The van der Waals surface area contributed by atoms with Gasteiger partial charge in [0.15, 0.2) is 0 Å². The van der Waals surface area contributed by atoms with E-state index >= 15 is 0 Å². The minimum absolute atomic E-state index is 0.167. The van der Waals surface area contributed by atoms with Crippen molar-refractivity contribution in [3.05, 3.63) is 64.1 Å². The Bertz CT molecular complexity index is 567. The van der Waals surface area contributed by atoms with Crippen LogP contribution in [0.2, 0.25) is 0 Å². The van der Waals surface area contributed by atoms with Gasteiger partial charge in [-0.3, -0.25) is 0 Å². The Balaban J connectivity index is 2.30. The van der Waals surface area contributed by atoms with Crippen LogP contribution >= 0.6 is 15.9 Å². The van der Waals surface area contributed by atoms with Gasteiger partial charge in [-0.1, -0.05) is 52.3 Å². The Kier molecular flexibility index (Phi) is 5.83. The van der Waals surface area contributed by atoms with Crippen LogP contribution in [-0.2, 0) is 13.0 Å². The number of anilines is 1. The van der Waals surface area contributed by atoms with E-state index in [4.69, 9.17) is 5.73 Å². The minimum Gasteiger partial charge on any atom is -0.367 e. The predicted octanol–water partition coefficient (Wildman–Crippen LogP) is 4.37. The number of nitrogens with zero attached hydrogens (tertiary/aromatic N) is 1. The van der Waals surface area contributed by atoms with Gasteiger partial charge in [0.25, 0.3) is 0 Å². The van der Waals surface area contributed by atoms with Gasteiger partial charge in [-0.15, -0.1) is 0 Å². The first-order chi connectivity index (χ1) is 10.1. The van der Waals surface area contributed by atoms with E-state index in [-0.39, 0.29) is 6.04 Å². The van der Waals surface area contributed by atoms with Gasteiger partial charge in [-0.2, -0.15) is 0 Å². The molecular formula is C18H23BrN2. The molecule has 2 N–H and O–H groups in total. The second-order valence-corrected chi connectivity index (χ2v) is 6.37. The molecule has 0 saturated heterocycles. The van der Waals surface area contributed by atoms with E-state index in [1.165, 1.54) is 16.8 Å². The third-order valence-electron chi connectivity index (χ3n) is 3.53. The Morgan fingerprint density at radius 3 is 2.48 bits per heavy atom. The standard InChI is InChI=1S/C18H23BrN2/c1-3-21(13-15-7-5-4-6-8-15)18-12-17(19)10-9-16(18)11-14(2)20/h4-10,12,14H,3,11,13,20H2,1-2H3. The highest BCUT2D eigenvalue weighted by Crippen LogP contribution is 2.27. The van der Waals surface area contributed by atoms with Crippen molar-refractivity contribution >= 4 is 21.6 Å². The molecule has 2 nitrogen and oxygen atoms in total. The highest BCUT2D eigenvalue weighted by Gasteiger charge is 2.12. The monoisotopic (exact) mass is 346 g/mol. The Hall–Kier alpha value is -1.32. The van der Waals surface area contributed by atoms with Gasteiger partial charge in [-0.25, -0.2) is 0 Å². The highest BCUT2D eigenvalue weighted by atomic mass is 79.9. The van der Waals surface area contributed by atoms with Crippen molar-refractivity contribution in [1.29, 1.82) is 0 Å². The minimum atomic E-state index is 0.167. The van der Waals surface area contributed by atoms with Gasteiger partial charge >= 0.3 is 0 Å². The summed E-state index contributed by atoms with van der Waals surface area (Å²) < 4.78 is 1.11. The van der Waals surface area contributed by atoms with Crippen LogP contribution in [0.4, 0.5) is 5.69 Å². The molecule has 0 spiro atoms. The van der Waals surface area contributed by atoms with Gasteiger partial charge in [-0.05, 0) is 43.5 Å². The molecule has 2 aromatic carbocycles. The van der Waals surface area contributed by atoms with Crippen molar-refractivity contribution in [3.8, 4) is 0 Å². The third-order valence-corrected chi connectivity index (χ3v) is 4.02. The van der Waals surface area contributed by atoms with Gasteiger partial charge in [0.2, 0.25) is 0 Å². The number of benzene rings is 2. The largest absolute Gasteiger partial charge is 0.367 e. The smallest absolute Gasteiger partial charge is 0.0429 e. The zero-order chi connectivity index (χ0) is 15.2. The molecule has 0 bridgehead atoms. The van der Waals surface area contributed by atoms with Crippen LogP contribution in [0.1, 0.15) is 25.0 Å². The first-order valence-electron chi connectivity index (χ1n) is 7.43. The van der Waals surface area contributed by atoms with E-state index in [2.05, 4.69) is 83.2 Å². The van der Waals surface area contributed by atoms with Crippen LogP contribution in [0.25, 0.3) is 0 Å². The van der Waals surface area contributed by atoms with Crippen molar-refractivity contribution in [2.45, 2.75) is 32.9 Å². The van der Waals surface area contributed by atoms with Crippen LogP contribution in [0.5, 0.6) is 0 Å². The highest BCUT2D eigenvalue weighted by molar-refractivity contribution is 9.10. The molecule has 3 heteroatoms. The maximum atomic E-state index is 6.00. The second-order valence-electron chi connectivity index (χ2n) is 5.45. The van der Waals surface area contributed by atoms with E-state index in [0.29, 0.717) is 0 Å². The molecule has 0 aliphatic heterocycles. The average molecular weight is 347 g/mol. The van der Waals surface area contributed by atoms with Crippen molar-refractivity contribution in [1.82, 2.24) is 0 Å². The Labute approximate surface area is 136 Å². The molecule has 0 saturated carbocycles. The zero-order valence-corrected chi connectivity index (χ0v) is 14.3. The average Bonchev–Trinajstić information content (AvgIpc) is 2.47. The second kappa shape index (κ2) is 7.62. The van der Waals surface area contributed by atoms with Gasteiger partial charge < -0.3 is 10.6 Å². The summed E-state index contributed by atoms with van der Waals surface area (Å²) in [4.78, 5) is 2.40. The first-order valence-corrected chi connectivity index (χ1v) is 8.22. The van der Waals surface area contributed by atoms with Crippen molar-refractivity contribution in [2.24, 2.45) is 5.73 Å². The topological polar surface area (TPSA) is 29.3 Å². The van der Waals surface area contributed by atoms with E-state index in [9.17, 15) is 0 Å². The van der Waals surface area contributed by atoms with Crippen molar-refractivity contribution in [2.75, 3.05) is 11.4 Å². The summed E-state index contributed by atoms with van der Waals surface area (Å²) in [5.74, 6) is 0. The summed E-state index contributed by atoms with van der Waals surface area (Å²) in [7, 11) is 0. The summed E-state index contributed by atoms with van der Waals surface area (Å²) in [5.41, 5.74) is 9.90. The fraction of sp³-hybridized carbons (Fsp3) is 0.333. The van der Waals surface area contributed by atoms with E-state index in [1.54, 1.807) is 0 Å². The van der Waals surface area contributed by atoms with Crippen LogP contribution in [0.3, 0.4) is 0 Å². The molecule has 0 radical (unpaired) electrons. The number of hydrogen-bond donors (Lipinski definition) is 1. The van der Waals surface area contributed by atoms with Crippen LogP contribution in [0, 0.1) is 0 Å². The quantitative estimate of drug-likeness (QED) is 0.841. The third kappa shape index (κ3) is 4.58. The molecule has 0 aliphatic carbocycles. The maximum Gasteiger partial charge on any atom is 0.0429 e. The van der Waals surface area contributed by atoms with Gasteiger partial charge in [0.05, 0.1) is 0 Å². The molecule has 1 atom stereocenters. The number of hydrogen-bond acceptors (Lipinski definition) is 2. The van der Waals surface area contributed by atoms with Gasteiger partial charge in [0.1, 0.15) is 0 Å². The molecule has 0 amide bonds. The summed E-state index contributed by atoms with van der Waals surface area (Å²) >= 11 is 3.59. The van der Waals surface area contributed by atoms with Crippen molar-refractivity contribution in [3.63, 3.8) is 0 Å². The molecule has 21 heavy (non-hydrogen) atoms. The lowest BCUT2D eigenvalue weighted by atomic mass is 10.0. The molecule has 0 heterocycles. The molecule has 2 rings (SSSR count). The zero-order valence-electron chi connectivity index (χ0n) is 12.7. The van der Waals surface area contributed by atoms with Crippen LogP contribution in [-0.4, -0.2) is 12.6 Å². The first kappa shape index (κ1) is 16.1. The van der Waals surface area contributed by atoms with Crippen LogP contribution in [0.15, 0.2) is 53.0 Å². The summed E-state index contributed by atoms with van der Waals surface area (Å²) in [6.45, 7) is 6.13. The van der Waals surface area contributed by atoms with Crippen LogP contribution < -0.4 is 10.6 Å². The Morgan fingerprint density at radius 2 is 1.86 bits per heavy atom. The molecule has 2 aromatic rings. The fourth-order valence-electron chi connectivity index (χ4n) is 2.52. The molecule has 0 fully saturated rings. The maximum absolute atomic E-state index is 6.00. The number of rotatable bonds is 6. The summed E-state index contributed by atoms with van der Waals surface area (Å²) in [6.07, 6.45) is 0.897. The molecule has 1 unspecified atom stereocenters. The summed E-state index contributed by atoms with van der Waals surface area (Å²) in [5, 5.41) is 0. The van der Waals surface area contributed by atoms with E-state index in [0.717, 1.165) is 24.0 Å². The summed E-state index contributed by atoms with van der Waals surface area (Å²) in [6, 6.07) is 17.2. The number of halogens is 1. The Morgan fingerprint density at radius 1 is 1.14 bits per heavy atom. The molecule has 0 aliphatic rings. The normalized spacial score (nSPS) is 12.2. The molecule has 112 valence electrons. The number of nitrogens with two attached hydrogens (primary N) is 1. The van der Waals surface area contributed by atoms with Crippen molar-refractivity contribution < 1.29 is 0 Å². The molecular weight excluding hydrogens is 324 g/mol. The molecule has 0 aromatic heterocycles.